The molecule has 0 aliphatic heterocycles. The van der Waals surface area contributed by atoms with Crippen LogP contribution < -0.4 is 10.1 Å². The lowest BCUT2D eigenvalue weighted by Gasteiger charge is -2.08. The Morgan fingerprint density at radius 1 is 1.56 bits per heavy atom. The van der Waals surface area contributed by atoms with Crippen molar-refractivity contribution < 1.29 is 14.6 Å². The standard InChI is InChI=1S/C13H16ClNO3/c1-2-7-18-12-4-3-10(8-11(12)14)9-13(17)15-5-6-16/h2-4,8,16H,1,5-7,9H2,(H,15,17). The maximum Gasteiger partial charge on any atom is 0.224 e. The van der Waals surface area contributed by atoms with Crippen molar-refractivity contribution in [2.24, 2.45) is 0 Å². The van der Waals surface area contributed by atoms with Crippen LogP contribution in [0.15, 0.2) is 30.9 Å². The molecule has 18 heavy (non-hydrogen) atoms. The van der Waals surface area contributed by atoms with Crippen molar-refractivity contribution in [3.63, 3.8) is 0 Å². The second-order valence-electron chi connectivity index (χ2n) is 3.61. The van der Waals surface area contributed by atoms with Gasteiger partial charge < -0.3 is 15.2 Å². The molecule has 1 aromatic carbocycles. The zero-order chi connectivity index (χ0) is 13.4. The highest BCUT2D eigenvalue weighted by atomic mass is 35.5. The number of rotatable bonds is 7. The lowest BCUT2D eigenvalue weighted by molar-refractivity contribution is -0.120. The highest BCUT2D eigenvalue weighted by molar-refractivity contribution is 6.32. The van der Waals surface area contributed by atoms with E-state index in [1.54, 1.807) is 24.3 Å². The van der Waals surface area contributed by atoms with Gasteiger partial charge in [0, 0.05) is 6.54 Å². The fourth-order valence-corrected chi connectivity index (χ4v) is 1.62. The minimum atomic E-state index is -0.153. The van der Waals surface area contributed by atoms with Gasteiger partial charge in [0.15, 0.2) is 0 Å². The predicted octanol–water partition coefficient (Wildman–Crippen LogP) is 1.56. The second-order valence-corrected chi connectivity index (χ2v) is 4.02. The van der Waals surface area contributed by atoms with Gasteiger partial charge >= 0.3 is 0 Å². The quantitative estimate of drug-likeness (QED) is 0.739. The van der Waals surface area contributed by atoms with Gasteiger partial charge in [0.1, 0.15) is 12.4 Å². The largest absolute Gasteiger partial charge is 0.488 e. The summed E-state index contributed by atoms with van der Waals surface area (Å²) in [5, 5.41) is 11.6. The van der Waals surface area contributed by atoms with E-state index in [0.29, 0.717) is 17.4 Å². The molecule has 0 spiro atoms. The third kappa shape index (κ3) is 4.77. The number of hydrogen-bond acceptors (Lipinski definition) is 3. The molecule has 0 aromatic heterocycles. The Kier molecular flexibility index (Phi) is 6.25. The molecular weight excluding hydrogens is 254 g/mol. The van der Waals surface area contributed by atoms with Crippen LogP contribution in [0.5, 0.6) is 5.75 Å². The number of ether oxygens (including phenoxy) is 1. The van der Waals surface area contributed by atoms with Gasteiger partial charge in [0.25, 0.3) is 0 Å². The first-order valence-corrected chi connectivity index (χ1v) is 5.95. The Morgan fingerprint density at radius 3 is 2.94 bits per heavy atom. The van der Waals surface area contributed by atoms with Gasteiger partial charge in [0.05, 0.1) is 18.1 Å². The normalized spacial score (nSPS) is 9.89. The van der Waals surface area contributed by atoms with Gasteiger partial charge in [-0.25, -0.2) is 0 Å². The molecule has 0 atom stereocenters. The molecule has 1 rings (SSSR count). The van der Waals surface area contributed by atoms with E-state index >= 15 is 0 Å². The molecule has 98 valence electrons. The number of carbonyl (C=O) groups is 1. The summed E-state index contributed by atoms with van der Waals surface area (Å²) in [4.78, 5) is 11.4. The van der Waals surface area contributed by atoms with E-state index < -0.39 is 0 Å². The number of carbonyl (C=O) groups excluding carboxylic acids is 1. The number of benzene rings is 1. The number of aliphatic hydroxyl groups is 1. The van der Waals surface area contributed by atoms with E-state index in [4.69, 9.17) is 21.4 Å². The molecule has 0 aliphatic carbocycles. The molecule has 4 nitrogen and oxygen atoms in total. The van der Waals surface area contributed by atoms with Crippen LogP contribution in [0.25, 0.3) is 0 Å². The molecule has 0 saturated carbocycles. The Hall–Kier alpha value is -1.52. The highest BCUT2D eigenvalue weighted by Gasteiger charge is 2.06. The number of nitrogens with one attached hydrogen (secondary N) is 1. The van der Waals surface area contributed by atoms with Crippen molar-refractivity contribution in [3.05, 3.63) is 41.4 Å². The number of amides is 1. The Bertz CT molecular complexity index is 421. The van der Waals surface area contributed by atoms with E-state index in [9.17, 15) is 4.79 Å². The third-order valence-corrected chi connectivity index (χ3v) is 2.45. The van der Waals surface area contributed by atoms with Crippen LogP contribution in [-0.2, 0) is 11.2 Å². The number of hydrogen-bond donors (Lipinski definition) is 2. The SMILES string of the molecule is C=CCOc1ccc(CC(=O)NCCO)cc1Cl. The maximum absolute atomic E-state index is 11.4. The van der Waals surface area contributed by atoms with Crippen LogP contribution in [0, 0.1) is 0 Å². The summed E-state index contributed by atoms with van der Waals surface area (Å²) < 4.78 is 5.33. The van der Waals surface area contributed by atoms with E-state index in [1.807, 2.05) is 0 Å². The van der Waals surface area contributed by atoms with Crippen LogP contribution in [0.2, 0.25) is 5.02 Å². The van der Waals surface area contributed by atoms with Crippen molar-refractivity contribution in [2.45, 2.75) is 6.42 Å². The van der Waals surface area contributed by atoms with E-state index in [-0.39, 0.29) is 25.5 Å². The van der Waals surface area contributed by atoms with Crippen molar-refractivity contribution in [3.8, 4) is 5.75 Å². The van der Waals surface area contributed by atoms with Crippen molar-refractivity contribution in [1.82, 2.24) is 5.32 Å². The summed E-state index contributed by atoms with van der Waals surface area (Å²) in [5.41, 5.74) is 0.793. The maximum atomic E-state index is 11.4. The van der Waals surface area contributed by atoms with Gasteiger partial charge in [-0.1, -0.05) is 30.3 Å². The first-order valence-electron chi connectivity index (χ1n) is 5.57. The second kappa shape index (κ2) is 7.74. The highest BCUT2D eigenvalue weighted by Crippen LogP contribution is 2.25. The fraction of sp³-hybridized carbons (Fsp3) is 0.308. The summed E-state index contributed by atoms with van der Waals surface area (Å²) >= 11 is 6.02. The minimum Gasteiger partial charge on any atom is -0.488 e. The molecular formula is C13H16ClNO3. The smallest absolute Gasteiger partial charge is 0.224 e. The fourth-order valence-electron chi connectivity index (χ4n) is 1.36. The molecule has 0 unspecified atom stereocenters. The molecule has 0 saturated heterocycles. The lowest BCUT2D eigenvalue weighted by atomic mass is 10.1. The lowest BCUT2D eigenvalue weighted by Crippen LogP contribution is -2.27. The van der Waals surface area contributed by atoms with Crippen LogP contribution in [0.4, 0.5) is 0 Å². The summed E-state index contributed by atoms with van der Waals surface area (Å²) in [6.07, 6.45) is 1.86. The predicted molar refractivity (Wildman–Crippen MR) is 70.9 cm³/mol. The van der Waals surface area contributed by atoms with E-state index in [1.165, 1.54) is 0 Å². The Morgan fingerprint density at radius 2 is 2.33 bits per heavy atom. The van der Waals surface area contributed by atoms with Crippen molar-refractivity contribution in [1.29, 1.82) is 0 Å². The van der Waals surface area contributed by atoms with E-state index in [2.05, 4.69) is 11.9 Å². The Balaban J connectivity index is 2.60. The summed E-state index contributed by atoms with van der Waals surface area (Å²) in [7, 11) is 0. The molecule has 0 fully saturated rings. The zero-order valence-electron chi connectivity index (χ0n) is 9.99. The van der Waals surface area contributed by atoms with Gasteiger partial charge in [-0.05, 0) is 17.7 Å². The van der Waals surface area contributed by atoms with Crippen LogP contribution in [0.3, 0.4) is 0 Å². The topological polar surface area (TPSA) is 58.6 Å². The molecule has 0 aliphatic rings. The average Bonchev–Trinajstić information content (AvgIpc) is 2.35. The van der Waals surface area contributed by atoms with Crippen molar-refractivity contribution in [2.75, 3.05) is 19.8 Å². The Labute approximate surface area is 111 Å². The minimum absolute atomic E-state index is 0.0686. The molecule has 2 N–H and O–H groups in total. The first-order chi connectivity index (χ1) is 8.67. The van der Waals surface area contributed by atoms with E-state index in [0.717, 1.165) is 5.56 Å². The third-order valence-electron chi connectivity index (χ3n) is 2.15. The molecule has 0 bridgehead atoms. The van der Waals surface area contributed by atoms with Crippen LogP contribution in [-0.4, -0.2) is 30.8 Å². The van der Waals surface area contributed by atoms with Gasteiger partial charge in [-0.15, -0.1) is 0 Å². The van der Waals surface area contributed by atoms with Crippen LogP contribution >= 0.6 is 11.6 Å². The number of aliphatic hydroxyl groups excluding tert-OH is 1. The zero-order valence-corrected chi connectivity index (χ0v) is 10.7. The van der Waals surface area contributed by atoms with Crippen molar-refractivity contribution >= 4 is 17.5 Å². The first kappa shape index (κ1) is 14.5. The molecule has 0 heterocycles. The summed E-state index contributed by atoms with van der Waals surface area (Å²) in [6.45, 7) is 4.12. The summed E-state index contributed by atoms with van der Waals surface area (Å²) in [6, 6.07) is 5.20. The molecule has 0 radical (unpaired) electrons. The van der Waals surface area contributed by atoms with Gasteiger partial charge in [-0.3, -0.25) is 4.79 Å². The number of halogens is 1. The monoisotopic (exact) mass is 269 g/mol. The molecule has 1 amide bonds. The van der Waals surface area contributed by atoms with Crippen LogP contribution in [0.1, 0.15) is 5.56 Å². The molecule has 5 heteroatoms. The molecule has 1 aromatic rings. The average molecular weight is 270 g/mol. The van der Waals surface area contributed by atoms with Gasteiger partial charge in [0.2, 0.25) is 5.91 Å². The van der Waals surface area contributed by atoms with Gasteiger partial charge in [-0.2, -0.15) is 0 Å². The summed E-state index contributed by atoms with van der Waals surface area (Å²) in [5.74, 6) is 0.413.